The van der Waals surface area contributed by atoms with E-state index >= 15 is 0 Å². The van der Waals surface area contributed by atoms with E-state index in [1.54, 1.807) is 0 Å². The zero-order chi connectivity index (χ0) is 5.91. The van der Waals surface area contributed by atoms with E-state index in [2.05, 4.69) is 9.25 Å². The Balaban J connectivity index is 3.58. The summed E-state index contributed by atoms with van der Waals surface area (Å²) in [5, 5.41) is 0. The maximum Gasteiger partial charge on any atom is 0.401 e. The van der Waals surface area contributed by atoms with Crippen LogP contribution in [0.25, 0.3) is 0 Å². The molecule has 0 unspecified atom stereocenters. The van der Waals surface area contributed by atoms with Crippen molar-refractivity contribution in [1.29, 1.82) is 0 Å². The normalized spacial score (nSPS) is 11.9. The molecule has 7 heavy (non-hydrogen) atoms. The van der Waals surface area contributed by atoms with Gasteiger partial charge in [-0.05, 0) is 20.7 Å². The van der Waals surface area contributed by atoms with Gasteiger partial charge in [0.25, 0.3) is 0 Å². The van der Waals surface area contributed by atoms with Crippen LogP contribution in [0.3, 0.4) is 0 Å². The van der Waals surface area contributed by atoms with E-state index in [0.717, 1.165) is 7.11 Å². The highest BCUT2D eigenvalue weighted by molar-refractivity contribution is 14.2. The van der Waals surface area contributed by atoms with Gasteiger partial charge >= 0.3 is 4.12 Å². The lowest BCUT2D eigenvalue weighted by atomic mass is 11.4. The Hall–Kier alpha value is 0.420. The highest BCUT2D eigenvalue weighted by atomic mass is 127. The van der Waals surface area contributed by atoms with Crippen LogP contribution in [-0.4, -0.2) is 15.7 Å². The Labute approximate surface area is 50.4 Å². The standard InChI is InChI=1S/C3H5F2IO/c1-6-3(4,5)7-2/h1H2,2H3. The molecular formula is C3H5F2IO. The molecule has 0 heterocycles. The van der Waals surface area contributed by atoms with Gasteiger partial charge in [-0.15, -0.1) is 0 Å². The second-order valence-electron chi connectivity index (χ2n) is 0.783. The molecule has 0 aliphatic rings. The van der Waals surface area contributed by atoms with Crippen molar-refractivity contribution in [3.8, 4) is 0 Å². The number of ether oxygens (including phenoxy) is 1. The molecule has 0 amide bonds. The van der Waals surface area contributed by atoms with Crippen LogP contribution in [0, 0.1) is 0 Å². The third kappa shape index (κ3) is 3.04. The van der Waals surface area contributed by atoms with Crippen molar-refractivity contribution in [2.75, 3.05) is 7.11 Å². The fraction of sp³-hybridized carbons (Fsp3) is 0.667. The molecule has 0 saturated carbocycles. The summed E-state index contributed by atoms with van der Waals surface area (Å²) in [5.41, 5.74) is 0. The van der Waals surface area contributed by atoms with Gasteiger partial charge in [-0.2, -0.15) is 8.78 Å². The van der Waals surface area contributed by atoms with Crippen molar-refractivity contribution in [1.82, 2.24) is 0 Å². The van der Waals surface area contributed by atoms with E-state index < -0.39 is 24.8 Å². The maximum absolute atomic E-state index is 11.6. The van der Waals surface area contributed by atoms with Crippen LogP contribution in [-0.2, 0) is 4.74 Å². The minimum Gasteiger partial charge on any atom is -0.316 e. The molecule has 0 bridgehead atoms. The van der Waals surface area contributed by atoms with Crippen LogP contribution in [0.2, 0.25) is 0 Å². The number of methoxy groups -OCH3 is 1. The molecule has 0 rings (SSSR count). The van der Waals surface area contributed by atoms with E-state index in [1.165, 1.54) is 0 Å². The number of halogens is 3. The first kappa shape index (κ1) is 7.42. The first-order chi connectivity index (χ1) is 3.12. The molecule has 0 aromatic rings. The Morgan fingerprint density at radius 3 is 2.14 bits per heavy atom. The molecule has 0 saturated heterocycles. The van der Waals surface area contributed by atoms with E-state index in [9.17, 15) is 8.78 Å². The fourth-order valence-electron chi connectivity index (χ4n) is 0.0546. The zero-order valence-corrected chi connectivity index (χ0v) is 5.91. The lowest BCUT2D eigenvalue weighted by molar-refractivity contribution is -0.123. The monoisotopic (exact) mass is 222 g/mol. The summed E-state index contributed by atoms with van der Waals surface area (Å²) in [6, 6.07) is 0. The minimum atomic E-state index is -2.92. The molecule has 0 atom stereocenters. The zero-order valence-electron chi connectivity index (χ0n) is 3.75. The minimum absolute atomic E-state index is 0.977. The molecule has 0 N–H and O–H groups in total. The van der Waals surface area contributed by atoms with Gasteiger partial charge in [-0.25, -0.2) is 0 Å². The highest BCUT2D eigenvalue weighted by Crippen LogP contribution is 2.26. The molecule has 0 aliphatic heterocycles. The van der Waals surface area contributed by atoms with Gasteiger partial charge in [0.2, 0.25) is 0 Å². The summed E-state index contributed by atoms with van der Waals surface area (Å²) < 4.78 is 27.2. The predicted octanol–water partition coefficient (Wildman–Crippen LogP) is 1.59. The topological polar surface area (TPSA) is 9.23 Å². The van der Waals surface area contributed by atoms with Gasteiger partial charge in [-0.3, -0.25) is 0 Å². The van der Waals surface area contributed by atoms with Crippen molar-refractivity contribution in [3.63, 3.8) is 0 Å². The number of rotatable bonds is 2. The third-order valence-corrected chi connectivity index (χ3v) is 1.72. The van der Waals surface area contributed by atoms with Crippen LogP contribution in [0.15, 0.2) is 0 Å². The molecule has 0 spiro atoms. The quantitative estimate of drug-likeness (QED) is 0.509. The summed E-state index contributed by atoms with van der Waals surface area (Å²) in [4.78, 5) is 0. The van der Waals surface area contributed by atoms with Crippen LogP contribution >= 0.6 is 20.7 Å². The van der Waals surface area contributed by atoms with E-state index in [0.29, 0.717) is 0 Å². The molecular weight excluding hydrogens is 217 g/mol. The van der Waals surface area contributed by atoms with Crippen LogP contribution in [0.4, 0.5) is 8.78 Å². The van der Waals surface area contributed by atoms with E-state index in [-0.39, 0.29) is 0 Å². The van der Waals surface area contributed by atoms with Crippen molar-refractivity contribution < 1.29 is 13.5 Å². The molecule has 0 aromatic carbocycles. The van der Waals surface area contributed by atoms with Gasteiger partial charge < -0.3 is 4.74 Å². The predicted molar refractivity (Wildman–Crippen MR) is 33.1 cm³/mol. The van der Waals surface area contributed by atoms with Gasteiger partial charge in [-0.1, -0.05) is 4.51 Å². The van der Waals surface area contributed by atoms with E-state index in [4.69, 9.17) is 0 Å². The Morgan fingerprint density at radius 1 is 1.71 bits per heavy atom. The number of hydrogen-bond acceptors (Lipinski definition) is 1. The Morgan fingerprint density at radius 2 is 2.14 bits per heavy atom. The van der Waals surface area contributed by atoms with Gasteiger partial charge in [0.1, 0.15) is 0 Å². The molecule has 0 aromatic heterocycles. The van der Waals surface area contributed by atoms with E-state index in [1.807, 2.05) is 0 Å². The number of alkyl halides is 3. The second kappa shape index (κ2) is 2.66. The van der Waals surface area contributed by atoms with Gasteiger partial charge in [0, 0.05) is 7.11 Å². The Bertz CT molecular complexity index is 73.3. The lowest BCUT2D eigenvalue weighted by Crippen LogP contribution is -2.07. The van der Waals surface area contributed by atoms with Crippen LogP contribution in [0.1, 0.15) is 0 Å². The van der Waals surface area contributed by atoms with Crippen LogP contribution in [0.5, 0.6) is 0 Å². The van der Waals surface area contributed by atoms with Crippen molar-refractivity contribution in [2.24, 2.45) is 0 Å². The lowest BCUT2D eigenvalue weighted by Gasteiger charge is -2.04. The summed E-state index contributed by atoms with van der Waals surface area (Å²) in [7, 11) is 0.977. The van der Waals surface area contributed by atoms with Crippen molar-refractivity contribution in [2.45, 2.75) is 4.12 Å². The van der Waals surface area contributed by atoms with Crippen molar-refractivity contribution in [3.05, 3.63) is 0 Å². The SMILES string of the molecule is C=IC(F)(F)OC. The first-order valence-corrected chi connectivity index (χ1v) is 4.05. The molecule has 4 heteroatoms. The fourth-order valence-corrected chi connectivity index (χ4v) is 0.366. The summed E-state index contributed by atoms with van der Waals surface area (Å²) in [6.07, 6.45) is 0. The van der Waals surface area contributed by atoms with Crippen molar-refractivity contribution >= 4 is 25.2 Å². The first-order valence-electron chi connectivity index (χ1n) is 1.45. The largest absolute Gasteiger partial charge is 0.401 e. The maximum atomic E-state index is 11.6. The van der Waals surface area contributed by atoms with Gasteiger partial charge in [0.15, 0.2) is 0 Å². The molecule has 0 fully saturated rings. The Kier molecular flexibility index (Phi) is 2.82. The average molecular weight is 222 g/mol. The highest BCUT2D eigenvalue weighted by Gasteiger charge is 2.22. The second-order valence-corrected chi connectivity index (χ2v) is 2.80. The molecule has 0 aliphatic carbocycles. The average Bonchev–Trinajstić information content (AvgIpc) is 1.68. The third-order valence-electron chi connectivity index (χ3n) is 0.387. The molecule has 1 nitrogen and oxygen atoms in total. The van der Waals surface area contributed by atoms with Gasteiger partial charge in [0.05, 0.1) is 0 Å². The molecule has 44 valence electrons. The molecule has 0 radical (unpaired) electrons. The summed E-state index contributed by atoms with van der Waals surface area (Å²) in [6.45, 7) is 0. The smallest absolute Gasteiger partial charge is 0.316 e. The van der Waals surface area contributed by atoms with Crippen LogP contribution < -0.4 is 0 Å². The summed E-state index contributed by atoms with van der Waals surface area (Å²) in [5.74, 6) is 0. The number of hydrogen-bond donors (Lipinski definition) is 0. The summed E-state index contributed by atoms with van der Waals surface area (Å²) >= 11 is -1.34.